The molecule has 0 aromatic heterocycles. The van der Waals surface area contributed by atoms with Gasteiger partial charge in [0.15, 0.2) is 0 Å². The summed E-state index contributed by atoms with van der Waals surface area (Å²) < 4.78 is 27.1. The van der Waals surface area contributed by atoms with Gasteiger partial charge in [-0.2, -0.15) is 0 Å². The molecule has 0 unspecified atom stereocenters. The smallest absolute Gasteiger partial charge is 0.232 e. The molecule has 0 aliphatic heterocycles. The number of rotatable bonds is 5. The molecule has 0 aliphatic rings. The van der Waals surface area contributed by atoms with Gasteiger partial charge in [-0.3, -0.25) is 4.79 Å². The van der Waals surface area contributed by atoms with Crippen molar-refractivity contribution in [1.29, 1.82) is 0 Å². The summed E-state index contributed by atoms with van der Waals surface area (Å²) >= 11 is 0. The molecule has 0 radical (unpaired) electrons. The minimum atomic E-state index is -0.672. The Morgan fingerprint density at radius 1 is 0.846 bits per heavy atom. The zero-order valence-electron chi connectivity index (χ0n) is 14.3. The maximum Gasteiger partial charge on any atom is 0.232 e. The number of nitrogens with one attached hydrogen (secondary N) is 1. The molecule has 2 nitrogen and oxygen atoms in total. The lowest BCUT2D eigenvalue weighted by molar-refractivity contribution is -0.122. The van der Waals surface area contributed by atoms with Crippen molar-refractivity contribution >= 4 is 5.91 Å². The van der Waals surface area contributed by atoms with Crippen molar-refractivity contribution in [3.05, 3.63) is 107 Å². The molecule has 1 amide bonds. The van der Waals surface area contributed by atoms with E-state index in [0.29, 0.717) is 0 Å². The molecule has 3 aromatic rings. The van der Waals surface area contributed by atoms with E-state index in [1.54, 1.807) is 6.92 Å². The number of hydrogen-bond acceptors (Lipinski definition) is 1. The molecule has 0 fully saturated rings. The van der Waals surface area contributed by atoms with Gasteiger partial charge < -0.3 is 5.32 Å². The number of amides is 1. The molecule has 0 bridgehead atoms. The average molecular weight is 351 g/mol. The maximum absolute atomic E-state index is 14.0. The van der Waals surface area contributed by atoms with E-state index in [1.807, 2.05) is 60.7 Å². The van der Waals surface area contributed by atoms with Crippen molar-refractivity contribution in [2.75, 3.05) is 0 Å². The predicted octanol–water partition coefficient (Wildman–Crippen LogP) is 4.97. The van der Waals surface area contributed by atoms with Crippen LogP contribution in [0, 0.1) is 11.6 Å². The Kier molecular flexibility index (Phi) is 5.42. The van der Waals surface area contributed by atoms with Crippen LogP contribution in [-0.4, -0.2) is 5.91 Å². The van der Waals surface area contributed by atoms with Crippen LogP contribution in [0.4, 0.5) is 8.78 Å². The number of carbonyl (C=O) groups is 1. The molecule has 0 aliphatic carbocycles. The standard InChI is InChI=1S/C22H19F2NO/c1-15(19-13-12-18(23)14-20(19)24)25-22(26)21(16-8-4-2-5-9-16)17-10-6-3-7-11-17/h2-15,21H,1H3,(H,25,26)/t15-/m1/s1. The van der Waals surface area contributed by atoms with Crippen molar-refractivity contribution in [2.24, 2.45) is 0 Å². The van der Waals surface area contributed by atoms with Gasteiger partial charge in [-0.1, -0.05) is 66.7 Å². The number of hydrogen-bond donors (Lipinski definition) is 1. The van der Waals surface area contributed by atoms with Crippen LogP contribution in [0.2, 0.25) is 0 Å². The third-order valence-electron chi connectivity index (χ3n) is 4.32. The van der Waals surface area contributed by atoms with Crippen molar-refractivity contribution in [1.82, 2.24) is 5.32 Å². The predicted molar refractivity (Wildman–Crippen MR) is 97.6 cm³/mol. The van der Waals surface area contributed by atoms with Crippen LogP contribution in [0.15, 0.2) is 78.9 Å². The summed E-state index contributed by atoms with van der Waals surface area (Å²) in [6.07, 6.45) is 0. The van der Waals surface area contributed by atoms with Crippen LogP contribution in [0.5, 0.6) is 0 Å². The summed E-state index contributed by atoms with van der Waals surface area (Å²) in [6.45, 7) is 1.68. The molecule has 0 heterocycles. The highest BCUT2D eigenvalue weighted by molar-refractivity contribution is 5.87. The Labute approximate surface area is 151 Å². The Morgan fingerprint density at radius 2 is 1.38 bits per heavy atom. The first kappa shape index (κ1) is 17.8. The van der Waals surface area contributed by atoms with Crippen molar-refractivity contribution in [3.63, 3.8) is 0 Å². The van der Waals surface area contributed by atoms with E-state index in [-0.39, 0.29) is 11.5 Å². The highest BCUT2D eigenvalue weighted by Gasteiger charge is 2.24. The van der Waals surface area contributed by atoms with E-state index >= 15 is 0 Å². The van der Waals surface area contributed by atoms with Gasteiger partial charge in [0.2, 0.25) is 5.91 Å². The normalized spacial score (nSPS) is 12.0. The van der Waals surface area contributed by atoms with E-state index in [9.17, 15) is 13.6 Å². The molecule has 0 saturated heterocycles. The zero-order valence-corrected chi connectivity index (χ0v) is 14.3. The Morgan fingerprint density at radius 3 is 1.88 bits per heavy atom. The summed E-state index contributed by atoms with van der Waals surface area (Å²) in [5.74, 6) is -2.06. The summed E-state index contributed by atoms with van der Waals surface area (Å²) in [4.78, 5) is 13.0. The molecule has 4 heteroatoms. The van der Waals surface area contributed by atoms with Gasteiger partial charge in [0, 0.05) is 11.6 Å². The van der Waals surface area contributed by atoms with Gasteiger partial charge in [-0.25, -0.2) is 8.78 Å². The van der Waals surface area contributed by atoms with Crippen LogP contribution in [0.25, 0.3) is 0 Å². The van der Waals surface area contributed by atoms with Gasteiger partial charge in [0.1, 0.15) is 11.6 Å². The van der Waals surface area contributed by atoms with Crippen LogP contribution < -0.4 is 5.32 Å². The number of carbonyl (C=O) groups excluding carboxylic acids is 1. The van der Waals surface area contributed by atoms with Gasteiger partial charge in [0.25, 0.3) is 0 Å². The van der Waals surface area contributed by atoms with Gasteiger partial charge >= 0.3 is 0 Å². The second kappa shape index (κ2) is 7.91. The van der Waals surface area contributed by atoms with Crippen molar-refractivity contribution in [2.45, 2.75) is 18.9 Å². The fourth-order valence-electron chi connectivity index (χ4n) is 3.01. The van der Waals surface area contributed by atoms with E-state index in [0.717, 1.165) is 17.2 Å². The summed E-state index contributed by atoms with van der Waals surface area (Å²) in [7, 11) is 0. The third kappa shape index (κ3) is 3.97. The van der Waals surface area contributed by atoms with Crippen LogP contribution in [0.1, 0.15) is 35.6 Å². The molecule has 132 valence electrons. The quantitative estimate of drug-likeness (QED) is 0.690. The Bertz CT molecular complexity index is 842. The van der Waals surface area contributed by atoms with Gasteiger partial charge in [-0.15, -0.1) is 0 Å². The molecular weight excluding hydrogens is 332 g/mol. The highest BCUT2D eigenvalue weighted by atomic mass is 19.1. The average Bonchev–Trinajstić information content (AvgIpc) is 2.63. The molecule has 3 aromatic carbocycles. The second-order valence-electron chi connectivity index (χ2n) is 6.15. The van der Waals surface area contributed by atoms with Gasteiger partial charge in [0.05, 0.1) is 12.0 Å². The summed E-state index contributed by atoms with van der Waals surface area (Å²) in [5, 5.41) is 2.85. The Balaban J connectivity index is 1.88. The minimum Gasteiger partial charge on any atom is -0.349 e. The first-order valence-electron chi connectivity index (χ1n) is 8.41. The lowest BCUT2D eigenvalue weighted by atomic mass is 9.90. The van der Waals surface area contributed by atoms with E-state index in [1.165, 1.54) is 12.1 Å². The lowest BCUT2D eigenvalue weighted by Crippen LogP contribution is -2.32. The van der Waals surface area contributed by atoms with Crippen LogP contribution >= 0.6 is 0 Å². The molecule has 26 heavy (non-hydrogen) atoms. The second-order valence-corrected chi connectivity index (χ2v) is 6.15. The van der Waals surface area contributed by atoms with Crippen molar-refractivity contribution in [3.8, 4) is 0 Å². The first-order chi connectivity index (χ1) is 12.6. The SMILES string of the molecule is C[C@@H](NC(=O)C(c1ccccc1)c1ccccc1)c1ccc(F)cc1F. The molecule has 3 rings (SSSR count). The largest absolute Gasteiger partial charge is 0.349 e. The first-order valence-corrected chi connectivity index (χ1v) is 8.41. The minimum absolute atomic E-state index is 0.237. The topological polar surface area (TPSA) is 29.1 Å². The van der Waals surface area contributed by atoms with Gasteiger partial charge in [-0.05, 0) is 24.1 Å². The van der Waals surface area contributed by atoms with E-state index in [2.05, 4.69) is 5.32 Å². The molecule has 1 N–H and O–H groups in total. The third-order valence-corrected chi connectivity index (χ3v) is 4.32. The number of benzene rings is 3. The zero-order chi connectivity index (χ0) is 18.5. The fourth-order valence-corrected chi connectivity index (χ4v) is 3.01. The summed E-state index contributed by atoms with van der Waals surface area (Å²) in [5.41, 5.74) is 1.95. The number of halogens is 2. The fraction of sp³-hybridized carbons (Fsp3) is 0.136. The Hall–Kier alpha value is -3.01. The van der Waals surface area contributed by atoms with E-state index < -0.39 is 23.6 Å². The lowest BCUT2D eigenvalue weighted by Gasteiger charge is -2.21. The van der Waals surface area contributed by atoms with Crippen LogP contribution in [0.3, 0.4) is 0 Å². The van der Waals surface area contributed by atoms with E-state index in [4.69, 9.17) is 0 Å². The molecular formula is C22H19F2NO. The highest BCUT2D eigenvalue weighted by Crippen LogP contribution is 2.26. The van der Waals surface area contributed by atoms with Crippen LogP contribution in [-0.2, 0) is 4.79 Å². The maximum atomic E-state index is 14.0. The molecule has 0 spiro atoms. The summed E-state index contributed by atoms with van der Waals surface area (Å²) in [6, 6.07) is 21.6. The monoisotopic (exact) mass is 351 g/mol. The van der Waals surface area contributed by atoms with Crippen molar-refractivity contribution < 1.29 is 13.6 Å². The molecule has 0 saturated carbocycles. The molecule has 1 atom stereocenters.